The molecule has 3 N–H and O–H groups in total. The number of amides is 1. The molecule has 0 aliphatic heterocycles. The highest BCUT2D eigenvalue weighted by atomic mass is 16.6. The predicted octanol–water partition coefficient (Wildman–Crippen LogP) is 7.99. The summed E-state index contributed by atoms with van der Waals surface area (Å²) in [6.45, 7) is 14.8. The van der Waals surface area contributed by atoms with E-state index in [1.165, 1.54) is 22.3 Å². The average Bonchev–Trinajstić information content (AvgIpc) is 3.90. The van der Waals surface area contributed by atoms with Gasteiger partial charge in [0.2, 0.25) is 17.6 Å². The van der Waals surface area contributed by atoms with Gasteiger partial charge in [0.25, 0.3) is 11.8 Å². The van der Waals surface area contributed by atoms with E-state index in [2.05, 4.69) is 53.3 Å². The van der Waals surface area contributed by atoms with Gasteiger partial charge < -0.3 is 19.1 Å². The zero-order valence-electron chi connectivity index (χ0n) is 36.1. The van der Waals surface area contributed by atoms with Gasteiger partial charge in [0.1, 0.15) is 6.54 Å². The molecule has 0 radical (unpaired) electrons. The molecule has 6 aromatic rings. The number of pyridine rings is 2. The van der Waals surface area contributed by atoms with Gasteiger partial charge in [0, 0.05) is 48.8 Å². The predicted molar refractivity (Wildman–Crippen MR) is 231 cm³/mol. The summed E-state index contributed by atoms with van der Waals surface area (Å²) in [4.78, 5) is 43.9. The Hall–Kier alpha value is -6.08. The summed E-state index contributed by atoms with van der Waals surface area (Å²) in [6.07, 6.45) is 13.6. The fourth-order valence-electron chi connectivity index (χ4n) is 8.95. The Kier molecular flexibility index (Phi) is 11.4. The van der Waals surface area contributed by atoms with Crippen LogP contribution in [-0.4, -0.2) is 54.9 Å². The summed E-state index contributed by atoms with van der Waals surface area (Å²) >= 11 is 0. The molecule has 13 heteroatoms. The molecule has 0 fully saturated rings. The number of carbonyl (C=O) groups excluding carboxylic acids is 2. The number of ether oxygens (including phenoxy) is 1. The minimum absolute atomic E-state index is 0.200. The molecule has 0 saturated carbocycles. The fraction of sp³-hybridized carbons (Fsp3) is 0.417. The summed E-state index contributed by atoms with van der Waals surface area (Å²) < 4.78 is 16.9. The van der Waals surface area contributed by atoms with Crippen LogP contribution in [0.5, 0.6) is 0 Å². The van der Waals surface area contributed by atoms with Gasteiger partial charge in [-0.1, -0.05) is 56.2 Å². The maximum Gasteiger partial charge on any atom is 0.326 e. The topological polar surface area (TPSA) is 185 Å². The maximum atomic E-state index is 12.8. The third kappa shape index (κ3) is 9.31. The van der Waals surface area contributed by atoms with Crippen molar-refractivity contribution in [2.24, 2.45) is 16.6 Å². The summed E-state index contributed by atoms with van der Waals surface area (Å²) in [5.74, 6) is 1.05. The smallest absolute Gasteiger partial charge is 0.326 e. The van der Waals surface area contributed by atoms with E-state index in [4.69, 9.17) is 29.5 Å². The molecule has 13 nitrogen and oxygen atoms in total. The van der Waals surface area contributed by atoms with Crippen LogP contribution in [0.4, 0.5) is 0 Å². The van der Waals surface area contributed by atoms with Gasteiger partial charge in [-0.15, -0.1) is 0 Å². The first-order valence-electron chi connectivity index (χ1n) is 21.1. The van der Waals surface area contributed by atoms with E-state index in [0.29, 0.717) is 36.3 Å². The zero-order chi connectivity index (χ0) is 43.1. The number of nitrogens with one attached hydrogen (secondary N) is 1. The Morgan fingerprint density at radius 1 is 0.770 bits per heavy atom. The van der Waals surface area contributed by atoms with Crippen molar-refractivity contribution in [3.63, 3.8) is 0 Å². The van der Waals surface area contributed by atoms with Crippen molar-refractivity contribution in [2.75, 3.05) is 6.54 Å². The molecule has 316 valence electrons. The maximum absolute atomic E-state index is 12.8. The van der Waals surface area contributed by atoms with Crippen molar-refractivity contribution < 1.29 is 23.4 Å². The summed E-state index contributed by atoms with van der Waals surface area (Å²) in [7, 11) is 0. The van der Waals surface area contributed by atoms with Gasteiger partial charge >= 0.3 is 5.97 Å². The molecule has 2 aromatic carbocycles. The number of hydrogen-bond donors (Lipinski definition) is 2. The van der Waals surface area contributed by atoms with Crippen molar-refractivity contribution in [1.29, 1.82) is 0 Å². The minimum atomic E-state index is -0.894. The van der Waals surface area contributed by atoms with Crippen LogP contribution in [0.2, 0.25) is 0 Å². The molecule has 1 unspecified atom stereocenters. The highest BCUT2D eigenvalue weighted by Crippen LogP contribution is 2.40. The number of nitrogens with two attached hydrogens (primary N) is 1. The Morgan fingerprint density at radius 2 is 1.34 bits per heavy atom. The van der Waals surface area contributed by atoms with E-state index in [1.807, 2.05) is 75.9 Å². The fourth-order valence-corrected chi connectivity index (χ4v) is 8.95. The van der Waals surface area contributed by atoms with Crippen molar-refractivity contribution in [1.82, 2.24) is 35.6 Å². The monoisotopic (exact) mass is 822 g/mol. The van der Waals surface area contributed by atoms with E-state index in [1.54, 1.807) is 0 Å². The van der Waals surface area contributed by atoms with Crippen LogP contribution >= 0.6 is 0 Å². The van der Waals surface area contributed by atoms with Crippen LogP contribution in [0.25, 0.3) is 45.7 Å². The first kappa shape index (κ1) is 41.6. The molecule has 1 atom stereocenters. The molecule has 8 rings (SSSR count). The molecule has 4 aromatic heterocycles. The Morgan fingerprint density at radius 3 is 1.93 bits per heavy atom. The number of carbonyl (C=O) groups is 2. The Balaban J connectivity index is 0.811. The third-order valence-electron chi connectivity index (χ3n) is 12.3. The molecule has 2 aliphatic rings. The van der Waals surface area contributed by atoms with Crippen LogP contribution in [-0.2, 0) is 52.9 Å². The first-order chi connectivity index (χ1) is 29.1. The lowest BCUT2D eigenvalue weighted by Crippen LogP contribution is -2.36. The lowest BCUT2D eigenvalue weighted by molar-refractivity contribution is -0.148. The van der Waals surface area contributed by atoms with Crippen LogP contribution < -0.4 is 11.1 Å². The lowest BCUT2D eigenvalue weighted by Gasteiger charge is -2.31. The van der Waals surface area contributed by atoms with Gasteiger partial charge in [-0.2, -0.15) is 9.97 Å². The summed E-state index contributed by atoms with van der Waals surface area (Å²) in [5.41, 5.74) is 20.0. The molecule has 2 aliphatic carbocycles. The second-order valence-corrected chi connectivity index (χ2v) is 18.4. The molecule has 0 bridgehead atoms. The Labute approximate surface area is 356 Å². The second kappa shape index (κ2) is 16.8. The molecular weight excluding hydrogens is 769 g/mol. The molecule has 0 saturated heterocycles. The quantitative estimate of drug-likeness (QED) is 0.0897. The van der Waals surface area contributed by atoms with E-state index in [9.17, 15) is 9.59 Å². The number of aryl methyl sites for hydroxylation is 3. The van der Waals surface area contributed by atoms with Gasteiger partial charge in [-0.05, 0) is 139 Å². The van der Waals surface area contributed by atoms with Crippen molar-refractivity contribution in [3.05, 3.63) is 105 Å². The van der Waals surface area contributed by atoms with E-state index < -0.39 is 12.2 Å². The number of rotatable bonds is 12. The number of esters is 1. The van der Waals surface area contributed by atoms with Crippen molar-refractivity contribution in [3.8, 4) is 45.7 Å². The van der Waals surface area contributed by atoms with Crippen LogP contribution in [0.3, 0.4) is 0 Å². The normalized spacial score (nSPS) is 15.7. The summed E-state index contributed by atoms with van der Waals surface area (Å²) in [5, 5.41) is 11.3. The molecule has 1 amide bonds. The number of fused-ring (bicyclic) bond motifs is 2. The van der Waals surface area contributed by atoms with Crippen LogP contribution in [0.1, 0.15) is 97.0 Å². The second-order valence-electron chi connectivity index (χ2n) is 18.4. The number of aromatic nitrogens is 6. The van der Waals surface area contributed by atoms with E-state index in [-0.39, 0.29) is 29.7 Å². The van der Waals surface area contributed by atoms with E-state index in [0.717, 1.165) is 88.6 Å². The molecular formula is C48H54N8O5. The number of nitrogens with zero attached hydrogens (tertiary/aromatic N) is 6. The van der Waals surface area contributed by atoms with Crippen molar-refractivity contribution in [2.45, 2.75) is 112 Å². The van der Waals surface area contributed by atoms with Gasteiger partial charge in [0.05, 0.1) is 11.1 Å². The molecule has 61 heavy (non-hydrogen) atoms. The van der Waals surface area contributed by atoms with Gasteiger partial charge in [-0.25, -0.2) is 0 Å². The highest BCUT2D eigenvalue weighted by Gasteiger charge is 2.30. The lowest BCUT2D eigenvalue weighted by atomic mass is 9.74. The number of hydrogen-bond acceptors (Lipinski definition) is 12. The van der Waals surface area contributed by atoms with Crippen LogP contribution in [0, 0.1) is 31.6 Å². The highest BCUT2D eigenvalue weighted by molar-refractivity contribution is 5.82. The molecule has 0 spiro atoms. The third-order valence-corrected chi connectivity index (χ3v) is 12.3. The van der Waals surface area contributed by atoms with Gasteiger partial charge in [0.15, 0.2) is 6.23 Å². The Bertz CT molecular complexity index is 2600. The molecule has 4 heterocycles. The minimum Gasteiger partial charge on any atom is -0.445 e. The van der Waals surface area contributed by atoms with Gasteiger partial charge in [-0.3, -0.25) is 25.3 Å². The van der Waals surface area contributed by atoms with Crippen LogP contribution in [0.15, 0.2) is 64.2 Å². The van der Waals surface area contributed by atoms with E-state index >= 15 is 0 Å². The summed E-state index contributed by atoms with van der Waals surface area (Å²) in [6, 6.07) is 9.83. The standard InChI is InChI=1S/C48H54N8O5/c1-27-16-30(8-9-35(27)44-54-46(61-56-44)39-25-51-23-33-21-48(6,7)15-13-37(33)39)19-40(49)59-42(58)26-52-41(57)11-10-34-28(2)17-31(18-29(34)3)43-53-45(60-55-43)38-24-50-22-32-20-47(4,5)14-12-36(32)38/h8-9,16-18,22-25,40H,10-15,19-21,26,49H2,1-7H3,(H,52,57). The van der Waals surface area contributed by atoms with Crippen molar-refractivity contribution >= 4 is 11.9 Å². The number of benzene rings is 2. The SMILES string of the molecule is Cc1cc(CC(N)OC(=O)CNC(=O)CCc2c(C)cc(-c3noc(-c4cncc5c4CCC(C)(C)C5)n3)cc2C)ccc1-c1noc(-c2cncc3c2CCC(C)(C)C3)n1. The first-order valence-corrected chi connectivity index (χ1v) is 21.1. The average molecular weight is 823 g/mol. The largest absolute Gasteiger partial charge is 0.445 e. The zero-order valence-corrected chi connectivity index (χ0v) is 36.1.